The summed E-state index contributed by atoms with van der Waals surface area (Å²) in [5.41, 5.74) is 0. The number of amides is 1. The molecule has 0 aromatic heterocycles. The van der Waals surface area contributed by atoms with E-state index in [1.54, 1.807) is 0 Å². The maximum Gasteiger partial charge on any atom is 1.00 e. The molecule has 15 heavy (non-hydrogen) atoms. The van der Waals surface area contributed by atoms with Gasteiger partial charge in [0.25, 0.3) is 0 Å². The number of β-lactam (4-membered cyclic amide) rings is 1. The van der Waals surface area contributed by atoms with Crippen molar-refractivity contribution < 1.29 is 55.5 Å². The number of carbonyl (C=O) groups is 2. The first-order valence-electron chi connectivity index (χ1n) is 4.16. The number of fused-ring (bicyclic) bond motifs is 1. The second kappa shape index (κ2) is 4.52. The second-order valence-electron chi connectivity index (χ2n) is 3.11. The van der Waals surface area contributed by atoms with Crippen LogP contribution in [-0.4, -0.2) is 45.9 Å². The quantitative estimate of drug-likeness (QED) is 0.368. The summed E-state index contributed by atoms with van der Waals surface area (Å²) in [5.74, 6) is -1.22. The minimum Gasteiger partial charge on any atom is -1.00 e. The minimum atomic E-state index is -1.14. The molecule has 2 N–H and O–H groups in total. The third-order valence-corrected chi connectivity index (χ3v) is 2.29. The summed E-state index contributed by atoms with van der Waals surface area (Å²) < 4.78 is 5.17. The van der Waals surface area contributed by atoms with Gasteiger partial charge in [0.05, 0.1) is 13.0 Å². The maximum atomic E-state index is 11.1. The molecule has 0 spiro atoms. The first-order chi connectivity index (χ1) is 6.65. The number of aliphatic carboxylic acids is 1. The van der Waals surface area contributed by atoms with Crippen molar-refractivity contribution >= 4 is 11.9 Å². The van der Waals surface area contributed by atoms with E-state index in [9.17, 15) is 9.59 Å². The molecule has 1 amide bonds. The van der Waals surface area contributed by atoms with E-state index in [2.05, 4.69) is 0 Å². The molecule has 0 bridgehead atoms. The number of carbonyl (C=O) groups excluding carboxylic acids is 1. The minimum absolute atomic E-state index is 0. The molecule has 2 heterocycles. The SMILES string of the molecule is O=C(O)C1C(=CCO)OC2CC(=O)N21.[H-].[Na+]. The second-order valence-corrected chi connectivity index (χ2v) is 3.11. The van der Waals surface area contributed by atoms with E-state index in [0.717, 1.165) is 0 Å². The van der Waals surface area contributed by atoms with Gasteiger partial charge >= 0.3 is 35.5 Å². The van der Waals surface area contributed by atoms with E-state index >= 15 is 0 Å². The average molecular weight is 223 g/mol. The fourth-order valence-electron chi connectivity index (χ4n) is 1.66. The Kier molecular flexibility index (Phi) is 3.77. The van der Waals surface area contributed by atoms with Crippen molar-refractivity contribution in [1.29, 1.82) is 0 Å². The monoisotopic (exact) mass is 223 g/mol. The topological polar surface area (TPSA) is 87.1 Å². The van der Waals surface area contributed by atoms with Crippen LogP contribution in [0.2, 0.25) is 0 Å². The third-order valence-electron chi connectivity index (χ3n) is 2.29. The van der Waals surface area contributed by atoms with Crippen LogP contribution in [0.5, 0.6) is 0 Å². The summed E-state index contributed by atoms with van der Waals surface area (Å²) in [4.78, 5) is 23.1. The van der Waals surface area contributed by atoms with Gasteiger partial charge in [-0.15, -0.1) is 0 Å². The van der Waals surface area contributed by atoms with Gasteiger partial charge in [-0.3, -0.25) is 9.69 Å². The van der Waals surface area contributed by atoms with Crippen molar-refractivity contribution in [3.05, 3.63) is 11.8 Å². The van der Waals surface area contributed by atoms with Crippen LogP contribution in [0, 0.1) is 0 Å². The van der Waals surface area contributed by atoms with Crippen molar-refractivity contribution in [2.75, 3.05) is 6.61 Å². The molecule has 2 aliphatic rings. The number of carboxylic acid groups (broad SMARTS) is 1. The molecule has 2 saturated heterocycles. The van der Waals surface area contributed by atoms with Gasteiger partial charge in [0.1, 0.15) is 5.76 Å². The van der Waals surface area contributed by atoms with Gasteiger partial charge in [-0.2, -0.15) is 0 Å². The van der Waals surface area contributed by atoms with Crippen LogP contribution in [0.15, 0.2) is 11.8 Å². The molecule has 2 fully saturated rings. The summed E-state index contributed by atoms with van der Waals surface area (Å²) in [6, 6.07) is -1.06. The average Bonchev–Trinajstić information content (AvgIpc) is 2.39. The molecule has 2 atom stereocenters. The first kappa shape index (κ1) is 12.5. The van der Waals surface area contributed by atoms with Gasteiger partial charge in [0, 0.05) is 0 Å². The Balaban J connectivity index is 0.00000112. The first-order valence-corrected chi connectivity index (χ1v) is 4.16. The molecule has 2 aliphatic heterocycles. The van der Waals surface area contributed by atoms with E-state index < -0.39 is 18.2 Å². The number of ether oxygens (including phenoxy) is 1. The van der Waals surface area contributed by atoms with Gasteiger partial charge in [-0.25, -0.2) is 4.79 Å². The zero-order valence-corrected chi connectivity index (χ0v) is 10.2. The number of aliphatic hydroxyl groups is 1. The van der Waals surface area contributed by atoms with Gasteiger partial charge in [-0.05, 0) is 6.08 Å². The molecule has 78 valence electrons. The Morgan fingerprint density at radius 3 is 2.87 bits per heavy atom. The molecule has 0 aliphatic carbocycles. The summed E-state index contributed by atoms with van der Waals surface area (Å²) in [5, 5.41) is 17.5. The van der Waals surface area contributed by atoms with Crippen LogP contribution in [-0.2, 0) is 14.3 Å². The molecule has 0 aromatic rings. The summed E-state index contributed by atoms with van der Waals surface area (Å²) >= 11 is 0. The van der Waals surface area contributed by atoms with Crippen molar-refractivity contribution in [2.24, 2.45) is 0 Å². The Bertz CT molecular complexity index is 334. The third kappa shape index (κ3) is 1.90. The normalized spacial score (nSPS) is 30.3. The van der Waals surface area contributed by atoms with Crippen molar-refractivity contribution in [2.45, 2.75) is 18.7 Å². The molecule has 0 saturated carbocycles. The molecular formula is C8H10NNaO5. The summed E-state index contributed by atoms with van der Waals surface area (Å²) in [7, 11) is 0. The summed E-state index contributed by atoms with van der Waals surface area (Å²) in [6.07, 6.45) is 1.03. The van der Waals surface area contributed by atoms with Crippen LogP contribution in [0.3, 0.4) is 0 Å². The van der Waals surface area contributed by atoms with E-state index in [1.807, 2.05) is 0 Å². The number of aliphatic hydroxyl groups excluding tert-OH is 1. The number of rotatable bonds is 2. The Hall–Kier alpha value is -0.560. The fraction of sp³-hybridized carbons (Fsp3) is 0.500. The van der Waals surface area contributed by atoms with E-state index in [4.69, 9.17) is 14.9 Å². The van der Waals surface area contributed by atoms with E-state index in [0.29, 0.717) is 0 Å². The number of nitrogens with zero attached hydrogens (tertiary/aromatic N) is 1. The number of hydrogen-bond acceptors (Lipinski definition) is 4. The summed E-state index contributed by atoms with van der Waals surface area (Å²) in [6.45, 7) is -0.298. The zero-order chi connectivity index (χ0) is 10.3. The van der Waals surface area contributed by atoms with Crippen molar-refractivity contribution in [3.63, 3.8) is 0 Å². The van der Waals surface area contributed by atoms with Gasteiger partial charge in [-0.1, -0.05) is 0 Å². The van der Waals surface area contributed by atoms with Crippen LogP contribution in [0.25, 0.3) is 0 Å². The Labute approximate surface area is 109 Å². The zero-order valence-electron chi connectivity index (χ0n) is 9.21. The standard InChI is InChI=1S/C8H9NO5.Na.H/c10-2-1-4-7(8(12)13)9-5(11)3-6(9)14-4;;/h1,6-7,10H,2-3H2,(H,12,13);;/q;+1;-1. The largest absolute Gasteiger partial charge is 1.00 e. The van der Waals surface area contributed by atoms with Gasteiger partial charge < -0.3 is 16.4 Å². The van der Waals surface area contributed by atoms with Crippen LogP contribution in [0.1, 0.15) is 7.85 Å². The molecule has 0 aromatic carbocycles. The fourth-order valence-corrected chi connectivity index (χ4v) is 1.66. The van der Waals surface area contributed by atoms with Crippen LogP contribution < -0.4 is 29.6 Å². The molecule has 2 rings (SSSR count). The number of carboxylic acids is 1. The Morgan fingerprint density at radius 2 is 2.40 bits per heavy atom. The van der Waals surface area contributed by atoms with E-state index in [-0.39, 0.29) is 55.7 Å². The van der Waals surface area contributed by atoms with Gasteiger partial charge in [0.2, 0.25) is 5.91 Å². The van der Waals surface area contributed by atoms with Crippen molar-refractivity contribution in [1.82, 2.24) is 4.90 Å². The molecular weight excluding hydrogens is 213 g/mol. The predicted octanol–water partition coefficient (Wildman–Crippen LogP) is -3.98. The molecule has 6 nitrogen and oxygen atoms in total. The van der Waals surface area contributed by atoms with Crippen LogP contribution in [0.4, 0.5) is 0 Å². The van der Waals surface area contributed by atoms with E-state index in [1.165, 1.54) is 11.0 Å². The molecule has 0 radical (unpaired) electrons. The molecule has 7 heteroatoms. The smallest absolute Gasteiger partial charge is 1.00 e. The number of hydrogen-bond donors (Lipinski definition) is 2. The predicted molar refractivity (Wildman–Crippen MR) is 44.0 cm³/mol. The van der Waals surface area contributed by atoms with Crippen LogP contribution >= 0.6 is 0 Å². The van der Waals surface area contributed by atoms with Crippen molar-refractivity contribution in [3.8, 4) is 0 Å². The molecule has 2 unspecified atom stereocenters. The van der Waals surface area contributed by atoms with Gasteiger partial charge in [0.15, 0.2) is 12.3 Å². The Morgan fingerprint density at radius 1 is 1.73 bits per heavy atom. The maximum absolute atomic E-state index is 11.1.